The van der Waals surface area contributed by atoms with Gasteiger partial charge in [-0.15, -0.1) is 0 Å². The maximum absolute atomic E-state index is 13.6. The highest BCUT2D eigenvalue weighted by Crippen LogP contribution is 2.28. The maximum Gasteiger partial charge on any atom is 0.225 e. The first-order chi connectivity index (χ1) is 10.2. The molecule has 118 valence electrons. The van der Waals surface area contributed by atoms with E-state index in [1.807, 2.05) is 20.8 Å². The number of halogens is 1. The summed E-state index contributed by atoms with van der Waals surface area (Å²) in [4.78, 5) is 15.4. The van der Waals surface area contributed by atoms with Crippen molar-refractivity contribution in [3.8, 4) is 17.1 Å². The number of hydrogen-bond acceptors (Lipinski definition) is 4. The molecule has 6 nitrogen and oxygen atoms in total. The highest BCUT2D eigenvalue weighted by molar-refractivity contribution is 5.75. The van der Waals surface area contributed by atoms with Gasteiger partial charge < -0.3 is 10.5 Å². The average Bonchev–Trinajstić information content (AvgIpc) is 2.82. The second-order valence-electron chi connectivity index (χ2n) is 5.93. The van der Waals surface area contributed by atoms with Crippen LogP contribution in [0.1, 0.15) is 26.6 Å². The fourth-order valence-corrected chi connectivity index (χ4v) is 2.04. The van der Waals surface area contributed by atoms with E-state index < -0.39 is 11.7 Å². The Labute approximate surface area is 128 Å². The smallest absolute Gasteiger partial charge is 0.225 e. The van der Waals surface area contributed by atoms with Crippen LogP contribution in [0.15, 0.2) is 18.2 Å². The molecule has 1 heterocycles. The Bertz CT molecular complexity index is 704. The summed E-state index contributed by atoms with van der Waals surface area (Å²) in [5.74, 6) is 0.0277. The van der Waals surface area contributed by atoms with Gasteiger partial charge in [0, 0.05) is 5.56 Å². The van der Waals surface area contributed by atoms with Crippen LogP contribution in [0.5, 0.6) is 5.75 Å². The summed E-state index contributed by atoms with van der Waals surface area (Å²) in [6, 6.07) is 4.46. The minimum atomic E-state index is -0.505. The molecule has 0 atom stereocenters. The number of nitrogens with zero attached hydrogens (tertiary/aromatic N) is 3. The number of primary amides is 1. The third-order valence-electron chi connectivity index (χ3n) is 3.03. The lowest BCUT2D eigenvalue weighted by molar-refractivity contribution is -0.117. The van der Waals surface area contributed by atoms with Crippen molar-refractivity contribution in [3.05, 3.63) is 29.8 Å². The molecule has 1 aromatic heterocycles. The lowest BCUT2D eigenvalue weighted by atomic mass is 10.1. The van der Waals surface area contributed by atoms with Crippen LogP contribution in [0.2, 0.25) is 0 Å². The van der Waals surface area contributed by atoms with Crippen LogP contribution in [-0.2, 0) is 16.8 Å². The predicted molar refractivity (Wildman–Crippen MR) is 79.9 cm³/mol. The SMILES string of the molecule is COc1cc(-c2nc(CC(N)=O)nn2C(C)(C)C)ccc1F. The zero-order valence-electron chi connectivity index (χ0n) is 13.1. The maximum atomic E-state index is 13.6. The second kappa shape index (κ2) is 5.75. The van der Waals surface area contributed by atoms with Gasteiger partial charge in [-0.3, -0.25) is 4.79 Å². The van der Waals surface area contributed by atoms with E-state index in [4.69, 9.17) is 10.5 Å². The van der Waals surface area contributed by atoms with E-state index >= 15 is 0 Å². The number of methoxy groups -OCH3 is 1. The first-order valence-corrected chi connectivity index (χ1v) is 6.81. The van der Waals surface area contributed by atoms with Gasteiger partial charge >= 0.3 is 0 Å². The minimum absolute atomic E-state index is 0.0472. The largest absolute Gasteiger partial charge is 0.494 e. The van der Waals surface area contributed by atoms with Gasteiger partial charge in [0.1, 0.15) is 0 Å². The molecule has 0 aliphatic rings. The summed E-state index contributed by atoms with van der Waals surface area (Å²) in [6.07, 6.45) is -0.0472. The number of benzene rings is 1. The molecule has 1 amide bonds. The van der Waals surface area contributed by atoms with Crippen LogP contribution in [0.25, 0.3) is 11.4 Å². The topological polar surface area (TPSA) is 83.0 Å². The number of carbonyl (C=O) groups excluding carboxylic acids is 1. The van der Waals surface area contributed by atoms with Crippen LogP contribution < -0.4 is 10.5 Å². The van der Waals surface area contributed by atoms with Crippen molar-refractivity contribution in [1.29, 1.82) is 0 Å². The van der Waals surface area contributed by atoms with Gasteiger partial charge in [-0.05, 0) is 39.0 Å². The molecule has 0 saturated heterocycles. The molecule has 0 spiro atoms. The van der Waals surface area contributed by atoms with E-state index in [1.54, 1.807) is 16.8 Å². The Balaban J connectivity index is 2.57. The van der Waals surface area contributed by atoms with E-state index in [1.165, 1.54) is 13.2 Å². The molecule has 2 N–H and O–H groups in total. The molecule has 7 heteroatoms. The monoisotopic (exact) mass is 306 g/mol. The van der Waals surface area contributed by atoms with Crippen molar-refractivity contribution in [2.45, 2.75) is 32.7 Å². The number of ether oxygens (including phenoxy) is 1. The van der Waals surface area contributed by atoms with Crippen LogP contribution >= 0.6 is 0 Å². The zero-order chi connectivity index (χ0) is 16.5. The van der Waals surface area contributed by atoms with Crippen molar-refractivity contribution in [2.24, 2.45) is 5.73 Å². The molecule has 0 aliphatic carbocycles. The summed E-state index contributed by atoms with van der Waals surface area (Å²) in [7, 11) is 1.40. The van der Waals surface area contributed by atoms with Crippen molar-refractivity contribution < 1.29 is 13.9 Å². The average molecular weight is 306 g/mol. The number of carbonyl (C=O) groups is 1. The first kappa shape index (κ1) is 15.9. The lowest BCUT2D eigenvalue weighted by Crippen LogP contribution is -2.24. The summed E-state index contributed by atoms with van der Waals surface area (Å²) in [5.41, 5.74) is 5.49. The predicted octanol–water partition coefficient (Wildman–Crippen LogP) is 1.88. The molecule has 0 saturated carbocycles. The standard InChI is InChI=1S/C15H19FN4O2/c1-15(2,3)20-14(18-13(19-20)8-12(17)21)9-5-6-10(16)11(7-9)22-4/h5-7H,8H2,1-4H3,(H2,17,21). The molecule has 1 aromatic carbocycles. The highest BCUT2D eigenvalue weighted by Gasteiger charge is 2.23. The van der Waals surface area contributed by atoms with Crippen molar-refractivity contribution >= 4 is 5.91 Å². The molecule has 22 heavy (non-hydrogen) atoms. The van der Waals surface area contributed by atoms with E-state index in [0.717, 1.165) is 0 Å². The van der Waals surface area contributed by atoms with Gasteiger partial charge in [-0.25, -0.2) is 14.1 Å². The molecular weight excluding hydrogens is 287 g/mol. The normalized spacial score (nSPS) is 11.5. The molecular formula is C15H19FN4O2. The summed E-state index contributed by atoms with van der Waals surface area (Å²) in [6.45, 7) is 5.87. The van der Waals surface area contributed by atoms with Gasteiger partial charge in [0.15, 0.2) is 23.2 Å². The van der Waals surface area contributed by atoms with Crippen LogP contribution in [-0.4, -0.2) is 27.8 Å². The minimum Gasteiger partial charge on any atom is -0.494 e. The molecule has 0 unspecified atom stereocenters. The van der Waals surface area contributed by atoms with Gasteiger partial charge in [-0.1, -0.05) is 0 Å². The number of rotatable bonds is 4. The number of hydrogen-bond donors (Lipinski definition) is 1. The summed E-state index contributed by atoms with van der Waals surface area (Å²) >= 11 is 0. The van der Waals surface area contributed by atoms with Crippen LogP contribution in [0, 0.1) is 5.82 Å². The van der Waals surface area contributed by atoms with Crippen molar-refractivity contribution in [2.75, 3.05) is 7.11 Å². The fraction of sp³-hybridized carbons (Fsp3) is 0.400. The van der Waals surface area contributed by atoms with E-state index in [-0.39, 0.29) is 17.7 Å². The van der Waals surface area contributed by atoms with Gasteiger partial charge in [0.05, 0.1) is 19.1 Å². The number of amides is 1. The van der Waals surface area contributed by atoms with E-state index in [0.29, 0.717) is 17.2 Å². The molecule has 0 radical (unpaired) electrons. The third-order valence-corrected chi connectivity index (χ3v) is 3.03. The first-order valence-electron chi connectivity index (χ1n) is 6.81. The van der Waals surface area contributed by atoms with Gasteiger partial charge in [-0.2, -0.15) is 5.10 Å². The van der Waals surface area contributed by atoms with Gasteiger partial charge in [0.2, 0.25) is 5.91 Å². The second-order valence-corrected chi connectivity index (χ2v) is 5.93. The van der Waals surface area contributed by atoms with Crippen molar-refractivity contribution in [1.82, 2.24) is 14.8 Å². The Morgan fingerprint density at radius 1 is 1.41 bits per heavy atom. The van der Waals surface area contributed by atoms with E-state index in [9.17, 15) is 9.18 Å². The molecule has 2 aromatic rings. The molecule has 0 fully saturated rings. The molecule has 0 aliphatic heterocycles. The lowest BCUT2D eigenvalue weighted by Gasteiger charge is -2.21. The summed E-state index contributed by atoms with van der Waals surface area (Å²) in [5, 5.41) is 4.35. The fourth-order valence-electron chi connectivity index (χ4n) is 2.04. The highest BCUT2D eigenvalue weighted by atomic mass is 19.1. The van der Waals surface area contributed by atoms with Crippen LogP contribution in [0.3, 0.4) is 0 Å². The summed E-state index contributed by atoms with van der Waals surface area (Å²) < 4.78 is 20.3. The Morgan fingerprint density at radius 2 is 2.09 bits per heavy atom. The van der Waals surface area contributed by atoms with Crippen molar-refractivity contribution in [3.63, 3.8) is 0 Å². The number of aromatic nitrogens is 3. The third kappa shape index (κ3) is 3.24. The zero-order valence-corrected chi connectivity index (χ0v) is 13.1. The molecule has 0 bridgehead atoms. The van der Waals surface area contributed by atoms with Crippen LogP contribution in [0.4, 0.5) is 4.39 Å². The Hall–Kier alpha value is -2.44. The number of nitrogens with two attached hydrogens (primary N) is 1. The quantitative estimate of drug-likeness (QED) is 0.935. The van der Waals surface area contributed by atoms with Gasteiger partial charge in [0.25, 0.3) is 0 Å². The molecule has 2 rings (SSSR count). The van der Waals surface area contributed by atoms with E-state index in [2.05, 4.69) is 10.1 Å². The Morgan fingerprint density at radius 3 is 2.64 bits per heavy atom. The Kier molecular flexibility index (Phi) is 4.16.